The molecule has 6 heteroatoms. The smallest absolute Gasteiger partial charge is 0.117 e. The molecule has 1 atom stereocenters. The molecule has 0 amide bonds. The largest absolute Gasteiger partial charge is 0.378 e. The second kappa shape index (κ2) is 6.65. The Balaban J connectivity index is 1.43. The van der Waals surface area contributed by atoms with Gasteiger partial charge in [-0.3, -0.25) is 0 Å². The quantitative estimate of drug-likeness (QED) is 0.466. The summed E-state index contributed by atoms with van der Waals surface area (Å²) in [7, 11) is 0. The fourth-order valence-electron chi connectivity index (χ4n) is 2.06. The van der Waals surface area contributed by atoms with Gasteiger partial charge in [-0.2, -0.15) is 0 Å². The third-order valence-electron chi connectivity index (χ3n) is 3.00. The van der Waals surface area contributed by atoms with Crippen molar-refractivity contribution in [2.45, 2.75) is 24.0 Å². The van der Waals surface area contributed by atoms with E-state index in [9.17, 15) is 0 Å². The zero-order chi connectivity index (χ0) is 12.9. The number of ether oxygens (including phenoxy) is 2. The molecule has 0 bridgehead atoms. The first-order valence-electron chi connectivity index (χ1n) is 6.44. The molecule has 0 spiro atoms. The van der Waals surface area contributed by atoms with Crippen molar-refractivity contribution in [2.24, 2.45) is 0 Å². The Kier molecular flexibility index (Phi) is 4.66. The number of thioether (sulfide) groups is 1. The molecule has 3 rings (SSSR count). The minimum Gasteiger partial charge on any atom is -0.378 e. The number of fused-ring (bicyclic) bond motifs is 1. The van der Waals surface area contributed by atoms with Crippen LogP contribution in [-0.4, -0.2) is 41.6 Å². The van der Waals surface area contributed by atoms with Gasteiger partial charge in [-0.25, -0.2) is 9.97 Å². The first-order chi connectivity index (χ1) is 9.43. The summed E-state index contributed by atoms with van der Waals surface area (Å²) in [5.41, 5.74) is 1.03. The van der Waals surface area contributed by atoms with Gasteiger partial charge >= 0.3 is 0 Å². The molecule has 1 aliphatic rings. The number of nitrogens with zero attached hydrogens (tertiary/aromatic N) is 2. The fourth-order valence-corrected chi connectivity index (χ4v) is 3.86. The highest BCUT2D eigenvalue weighted by atomic mass is 32.2. The van der Waals surface area contributed by atoms with Crippen LogP contribution in [-0.2, 0) is 9.47 Å². The van der Waals surface area contributed by atoms with Gasteiger partial charge < -0.3 is 9.47 Å². The Morgan fingerprint density at radius 2 is 2.47 bits per heavy atom. The second-order valence-corrected chi connectivity index (χ2v) is 6.37. The molecular formula is C13H16N2O2S2. The third kappa shape index (κ3) is 3.45. The average molecular weight is 296 g/mol. The van der Waals surface area contributed by atoms with Crippen molar-refractivity contribution in [3.63, 3.8) is 0 Å². The molecule has 2 aromatic rings. The van der Waals surface area contributed by atoms with E-state index in [-0.39, 0.29) is 0 Å². The highest BCUT2D eigenvalue weighted by Gasteiger charge is 2.15. The average Bonchev–Trinajstić information content (AvgIpc) is 3.09. The van der Waals surface area contributed by atoms with Crippen molar-refractivity contribution >= 4 is 33.3 Å². The van der Waals surface area contributed by atoms with Crippen LogP contribution in [0.3, 0.4) is 0 Å². The van der Waals surface area contributed by atoms with Gasteiger partial charge in [-0.15, -0.1) is 23.1 Å². The predicted octanol–water partition coefficient (Wildman–Crippen LogP) is 2.98. The van der Waals surface area contributed by atoms with Gasteiger partial charge in [-0.05, 0) is 24.3 Å². The number of hydrogen-bond acceptors (Lipinski definition) is 6. The van der Waals surface area contributed by atoms with Crippen LogP contribution in [0.5, 0.6) is 0 Å². The van der Waals surface area contributed by atoms with Gasteiger partial charge in [0.25, 0.3) is 0 Å². The molecule has 0 saturated carbocycles. The minimum atomic E-state index is 0.313. The molecule has 1 aliphatic heterocycles. The lowest BCUT2D eigenvalue weighted by atomic mass is 10.2. The number of hydrogen-bond donors (Lipinski definition) is 0. The van der Waals surface area contributed by atoms with Gasteiger partial charge in [0, 0.05) is 12.4 Å². The van der Waals surface area contributed by atoms with Gasteiger partial charge in [-0.1, -0.05) is 0 Å². The predicted molar refractivity (Wildman–Crippen MR) is 77.9 cm³/mol. The molecule has 0 aliphatic carbocycles. The Morgan fingerprint density at radius 3 is 3.37 bits per heavy atom. The maximum absolute atomic E-state index is 5.65. The van der Waals surface area contributed by atoms with Gasteiger partial charge in [0.15, 0.2) is 0 Å². The van der Waals surface area contributed by atoms with Crippen LogP contribution in [0.2, 0.25) is 0 Å². The maximum Gasteiger partial charge on any atom is 0.117 e. The van der Waals surface area contributed by atoms with E-state index in [1.165, 1.54) is 11.1 Å². The van der Waals surface area contributed by atoms with Crippen molar-refractivity contribution < 1.29 is 9.47 Å². The summed E-state index contributed by atoms with van der Waals surface area (Å²) < 4.78 is 12.3. The van der Waals surface area contributed by atoms with E-state index in [0.717, 1.165) is 42.5 Å². The Bertz CT molecular complexity index is 526. The molecule has 0 N–H and O–H groups in total. The van der Waals surface area contributed by atoms with E-state index < -0.39 is 0 Å². The first kappa shape index (κ1) is 13.3. The van der Waals surface area contributed by atoms with Crippen LogP contribution in [0, 0.1) is 0 Å². The molecule has 19 heavy (non-hydrogen) atoms. The highest BCUT2D eigenvalue weighted by Crippen LogP contribution is 2.28. The first-order valence-corrected chi connectivity index (χ1v) is 8.30. The lowest BCUT2D eigenvalue weighted by molar-refractivity contribution is 0.0226. The van der Waals surface area contributed by atoms with Crippen molar-refractivity contribution in [1.29, 1.82) is 0 Å². The molecule has 3 heterocycles. The van der Waals surface area contributed by atoms with Crippen molar-refractivity contribution in [3.05, 3.63) is 17.8 Å². The summed E-state index contributed by atoms with van der Waals surface area (Å²) >= 11 is 3.42. The molecule has 0 aromatic carbocycles. The zero-order valence-electron chi connectivity index (χ0n) is 10.6. The zero-order valence-corrected chi connectivity index (χ0v) is 12.2. The SMILES string of the molecule is c1nc(SCCOCC2CCCO2)c2sccc2n1. The van der Waals surface area contributed by atoms with E-state index in [1.54, 1.807) is 29.4 Å². The molecule has 4 nitrogen and oxygen atoms in total. The summed E-state index contributed by atoms with van der Waals surface area (Å²) in [6, 6.07) is 2.03. The lowest BCUT2D eigenvalue weighted by Gasteiger charge is -2.09. The molecule has 0 radical (unpaired) electrons. The van der Waals surface area contributed by atoms with Crippen LogP contribution in [0.15, 0.2) is 22.8 Å². The molecule has 1 unspecified atom stereocenters. The topological polar surface area (TPSA) is 44.2 Å². The number of thiophene rings is 1. The van der Waals surface area contributed by atoms with Crippen molar-refractivity contribution in [1.82, 2.24) is 9.97 Å². The third-order valence-corrected chi connectivity index (χ3v) is 5.00. The summed E-state index contributed by atoms with van der Waals surface area (Å²) in [5.74, 6) is 0.913. The van der Waals surface area contributed by atoms with E-state index >= 15 is 0 Å². The minimum absolute atomic E-state index is 0.313. The maximum atomic E-state index is 5.65. The molecule has 2 aromatic heterocycles. The van der Waals surface area contributed by atoms with E-state index in [2.05, 4.69) is 15.3 Å². The summed E-state index contributed by atoms with van der Waals surface area (Å²) in [4.78, 5) is 8.57. The van der Waals surface area contributed by atoms with Crippen molar-refractivity contribution in [2.75, 3.05) is 25.6 Å². The normalized spacial score (nSPS) is 19.3. The van der Waals surface area contributed by atoms with Crippen molar-refractivity contribution in [3.8, 4) is 0 Å². The van der Waals surface area contributed by atoms with Gasteiger partial charge in [0.2, 0.25) is 0 Å². The van der Waals surface area contributed by atoms with Crippen LogP contribution < -0.4 is 0 Å². The van der Waals surface area contributed by atoms with E-state index in [4.69, 9.17) is 9.47 Å². The Hall–Kier alpha value is -0.690. The molecular weight excluding hydrogens is 280 g/mol. The van der Waals surface area contributed by atoms with Crippen LogP contribution in [0.1, 0.15) is 12.8 Å². The summed E-state index contributed by atoms with van der Waals surface area (Å²) in [6.45, 7) is 2.35. The van der Waals surface area contributed by atoms with E-state index in [0.29, 0.717) is 6.10 Å². The number of rotatable bonds is 6. The molecule has 1 fully saturated rings. The lowest BCUT2D eigenvalue weighted by Crippen LogP contribution is -2.15. The van der Waals surface area contributed by atoms with Crippen LogP contribution in [0.4, 0.5) is 0 Å². The van der Waals surface area contributed by atoms with E-state index in [1.807, 2.05) is 6.07 Å². The van der Waals surface area contributed by atoms with Crippen LogP contribution in [0.25, 0.3) is 10.2 Å². The highest BCUT2D eigenvalue weighted by molar-refractivity contribution is 7.99. The molecule has 1 saturated heterocycles. The fraction of sp³-hybridized carbons (Fsp3) is 0.538. The summed E-state index contributed by atoms with van der Waals surface area (Å²) in [6.07, 6.45) is 4.24. The standard InChI is InChI=1S/C13H16N2O2S2/c1-2-10(17-4-1)8-16-5-7-19-13-12-11(3-6-18-12)14-9-15-13/h3,6,9-10H,1-2,4-5,7-8H2. The second-order valence-electron chi connectivity index (χ2n) is 4.37. The van der Waals surface area contributed by atoms with Crippen LogP contribution >= 0.6 is 23.1 Å². The Morgan fingerprint density at radius 1 is 1.47 bits per heavy atom. The monoisotopic (exact) mass is 296 g/mol. The van der Waals surface area contributed by atoms with Gasteiger partial charge in [0.05, 0.1) is 29.5 Å². The van der Waals surface area contributed by atoms with Gasteiger partial charge in [0.1, 0.15) is 11.4 Å². The number of aromatic nitrogens is 2. The summed E-state index contributed by atoms with van der Waals surface area (Å²) in [5, 5.41) is 3.11. The molecule has 102 valence electrons. The Labute approximate surface area is 120 Å².